The zero-order valence-corrected chi connectivity index (χ0v) is 16.8. The number of anilines is 2. The Balaban J connectivity index is 1.40. The molecule has 3 amide bonds. The van der Waals surface area contributed by atoms with E-state index in [1.807, 2.05) is 49.4 Å². The summed E-state index contributed by atoms with van der Waals surface area (Å²) in [6.45, 7) is 1.89. The third-order valence-electron chi connectivity index (χ3n) is 5.27. The van der Waals surface area contributed by atoms with E-state index in [4.69, 9.17) is 0 Å². The van der Waals surface area contributed by atoms with Crippen molar-refractivity contribution in [2.24, 2.45) is 11.0 Å². The van der Waals surface area contributed by atoms with Gasteiger partial charge < -0.3 is 10.6 Å². The Kier molecular flexibility index (Phi) is 5.61. The third-order valence-corrected chi connectivity index (χ3v) is 5.27. The van der Waals surface area contributed by atoms with Gasteiger partial charge in [-0.15, -0.1) is 0 Å². The average Bonchev–Trinajstić information content (AvgIpc) is 3.60. The van der Waals surface area contributed by atoms with Gasteiger partial charge in [0.1, 0.15) is 5.71 Å². The topological polar surface area (TPSA) is 90.9 Å². The SMILES string of the molecule is CC(NC(=O)C1=NN(c2ccccc2)C(=O)CC1)c1ccc(NC(=O)C2CC2)cc1. The molecule has 0 aromatic heterocycles. The van der Waals surface area contributed by atoms with Gasteiger partial charge in [0.25, 0.3) is 5.91 Å². The fourth-order valence-electron chi connectivity index (χ4n) is 3.30. The molecule has 7 heteroatoms. The highest BCUT2D eigenvalue weighted by molar-refractivity contribution is 6.40. The molecule has 1 heterocycles. The molecule has 0 spiro atoms. The van der Waals surface area contributed by atoms with Gasteiger partial charge >= 0.3 is 0 Å². The molecule has 2 aliphatic rings. The summed E-state index contributed by atoms with van der Waals surface area (Å²) in [5, 5.41) is 11.4. The molecule has 0 saturated heterocycles. The van der Waals surface area contributed by atoms with Crippen LogP contribution in [-0.2, 0) is 14.4 Å². The molecule has 0 radical (unpaired) electrons. The van der Waals surface area contributed by atoms with Gasteiger partial charge in [-0.2, -0.15) is 5.10 Å². The van der Waals surface area contributed by atoms with Crippen molar-refractivity contribution in [2.45, 2.75) is 38.6 Å². The molecule has 0 bridgehead atoms. The molecule has 4 rings (SSSR count). The quantitative estimate of drug-likeness (QED) is 0.773. The maximum absolute atomic E-state index is 12.7. The number of nitrogens with one attached hydrogen (secondary N) is 2. The van der Waals surface area contributed by atoms with E-state index in [2.05, 4.69) is 15.7 Å². The largest absolute Gasteiger partial charge is 0.344 e. The van der Waals surface area contributed by atoms with Gasteiger partial charge in [-0.3, -0.25) is 14.4 Å². The maximum atomic E-state index is 12.7. The molecule has 1 saturated carbocycles. The van der Waals surface area contributed by atoms with E-state index < -0.39 is 0 Å². The van der Waals surface area contributed by atoms with Crippen LogP contribution < -0.4 is 15.6 Å². The van der Waals surface area contributed by atoms with Gasteiger partial charge in [0.05, 0.1) is 11.7 Å². The Morgan fingerprint density at radius 3 is 2.40 bits per heavy atom. The summed E-state index contributed by atoms with van der Waals surface area (Å²) in [5.41, 5.74) is 2.64. The van der Waals surface area contributed by atoms with Crippen LogP contribution in [0.15, 0.2) is 59.7 Å². The summed E-state index contributed by atoms with van der Waals surface area (Å²) < 4.78 is 0. The molecular formula is C23H24N4O3. The van der Waals surface area contributed by atoms with Crippen LogP contribution in [0.1, 0.15) is 44.2 Å². The smallest absolute Gasteiger partial charge is 0.267 e. The number of carbonyl (C=O) groups is 3. The first kappa shape index (κ1) is 19.8. The molecule has 2 aromatic rings. The van der Waals surface area contributed by atoms with E-state index in [9.17, 15) is 14.4 Å². The molecule has 1 unspecified atom stereocenters. The molecule has 1 aliphatic heterocycles. The van der Waals surface area contributed by atoms with E-state index in [0.717, 1.165) is 24.1 Å². The van der Waals surface area contributed by atoms with Gasteiger partial charge in [-0.05, 0) is 49.6 Å². The molecular weight excluding hydrogens is 380 g/mol. The van der Waals surface area contributed by atoms with Crippen LogP contribution in [0.5, 0.6) is 0 Å². The minimum Gasteiger partial charge on any atom is -0.344 e. The summed E-state index contributed by atoms with van der Waals surface area (Å²) in [4.78, 5) is 36.8. The van der Waals surface area contributed by atoms with Crippen LogP contribution in [0.25, 0.3) is 0 Å². The number of benzene rings is 2. The maximum Gasteiger partial charge on any atom is 0.267 e. The standard InChI is InChI=1S/C23H24N4O3/c1-15(16-9-11-18(12-10-16)25-22(29)17-7-8-17)24-23(30)20-13-14-21(28)27(26-20)19-5-3-2-4-6-19/h2-6,9-12,15,17H,7-8,13-14H2,1H3,(H,24,30)(H,25,29). The van der Waals surface area contributed by atoms with Crippen molar-refractivity contribution in [1.29, 1.82) is 0 Å². The summed E-state index contributed by atoms with van der Waals surface area (Å²) in [5.74, 6) is -0.199. The summed E-state index contributed by atoms with van der Waals surface area (Å²) in [6.07, 6.45) is 2.48. The van der Waals surface area contributed by atoms with Crippen LogP contribution in [0.4, 0.5) is 11.4 Å². The van der Waals surface area contributed by atoms with Crippen molar-refractivity contribution in [3.63, 3.8) is 0 Å². The molecule has 2 aromatic carbocycles. The number of hydrogen-bond donors (Lipinski definition) is 2. The van der Waals surface area contributed by atoms with Crippen LogP contribution in [0, 0.1) is 5.92 Å². The molecule has 154 valence electrons. The zero-order valence-electron chi connectivity index (χ0n) is 16.8. The number of nitrogens with zero attached hydrogens (tertiary/aromatic N) is 2. The summed E-state index contributed by atoms with van der Waals surface area (Å²) in [7, 11) is 0. The van der Waals surface area contributed by atoms with Crippen molar-refractivity contribution in [3.05, 3.63) is 60.2 Å². The van der Waals surface area contributed by atoms with E-state index in [1.165, 1.54) is 5.01 Å². The van der Waals surface area contributed by atoms with Crippen LogP contribution in [-0.4, -0.2) is 23.4 Å². The van der Waals surface area contributed by atoms with Gasteiger partial charge in [-0.1, -0.05) is 30.3 Å². The monoisotopic (exact) mass is 404 g/mol. The van der Waals surface area contributed by atoms with Crippen molar-refractivity contribution >= 4 is 34.8 Å². The molecule has 7 nitrogen and oxygen atoms in total. The normalized spacial score (nSPS) is 17.2. The second-order valence-electron chi connectivity index (χ2n) is 7.67. The summed E-state index contributed by atoms with van der Waals surface area (Å²) in [6, 6.07) is 16.3. The van der Waals surface area contributed by atoms with Gasteiger partial charge in [0.2, 0.25) is 11.8 Å². The Bertz CT molecular complexity index is 981. The first-order valence-electron chi connectivity index (χ1n) is 10.2. The third kappa shape index (κ3) is 4.56. The zero-order chi connectivity index (χ0) is 21.1. The fraction of sp³-hybridized carbons (Fsp3) is 0.304. The van der Waals surface area contributed by atoms with E-state index in [0.29, 0.717) is 17.8 Å². The second-order valence-corrected chi connectivity index (χ2v) is 7.67. The predicted molar refractivity (Wildman–Crippen MR) is 115 cm³/mol. The Labute approximate surface area is 175 Å². The van der Waals surface area contributed by atoms with Crippen molar-refractivity contribution < 1.29 is 14.4 Å². The average molecular weight is 404 g/mol. The predicted octanol–water partition coefficient (Wildman–Crippen LogP) is 3.40. The Morgan fingerprint density at radius 1 is 1.03 bits per heavy atom. The Morgan fingerprint density at radius 2 is 1.73 bits per heavy atom. The molecule has 30 heavy (non-hydrogen) atoms. The van der Waals surface area contributed by atoms with Gasteiger partial charge in [0.15, 0.2) is 0 Å². The highest BCUT2D eigenvalue weighted by Gasteiger charge is 2.29. The van der Waals surface area contributed by atoms with Crippen LogP contribution in [0.3, 0.4) is 0 Å². The number of carbonyl (C=O) groups excluding carboxylic acids is 3. The number of amides is 3. The lowest BCUT2D eigenvalue weighted by atomic mass is 10.1. The number of para-hydroxylation sites is 1. The van der Waals surface area contributed by atoms with Crippen molar-refractivity contribution in [2.75, 3.05) is 10.3 Å². The van der Waals surface area contributed by atoms with Gasteiger partial charge in [-0.25, -0.2) is 5.01 Å². The lowest BCUT2D eigenvalue weighted by molar-refractivity contribution is -0.119. The van der Waals surface area contributed by atoms with E-state index in [-0.39, 0.29) is 36.1 Å². The number of hydrogen-bond acceptors (Lipinski definition) is 4. The van der Waals surface area contributed by atoms with Crippen molar-refractivity contribution in [3.8, 4) is 0 Å². The summed E-state index contributed by atoms with van der Waals surface area (Å²) >= 11 is 0. The van der Waals surface area contributed by atoms with E-state index in [1.54, 1.807) is 12.1 Å². The Hall–Kier alpha value is -3.48. The molecule has 2 N–H and O–H groups in total. The highest BCUT2D eigenvalue weighted by Crippen LogP contribution is 2.30. The molecule has 1 atom stereocenters. The highest BCUT2D eigenvalue weighted by atomic mass is 16.2. The van der Waals surface area contributed by atoms with Crippen LogP contribution >= 0.6 is 0 Å². The number of rotatable bonds is 6. The minimum atomic E-state index is -0.290. The lowest BCUT2D eigenvalue weighted by Gasteiger charge is -2.24. The first-order chi connectivity index (χ1) is 14.5. The van der Waals surface area contributed by atoms with Crippen LogP contribution in [0.2, 0.25) is 0 Å². The van der Waals surface area contributed by atoms with Crippen molar-refractivity contribution in [1.82, 2.24) is 5.32 Å². The number of hydrazone groups is 1. The first-order valence-corrected chi connectivity index (χ1v) is 10.2. The fourth-order valence-corrected chi connectivity index (χ4v) is 3.30. The molecule has 1 fully saturated rings. The van der Waals surface area contributed by atoms with E-state index >= 15 is 0 Å². The van der Waals surface area contributed by atoms with Gasteiger partial charge in [0, 0.05) is 24.4 Å². The lowest BCUT2D eigenvalue weighted by Crippen LogP contribution is -2.39. The minimum absolute atomic E-state index is 0.0666. The second kappa shape index (κ2) is 8.49. The molecule has 1 aliphatic carbocycles.